The van der Waals surface area contributed by atoms with Crippen molar-refractivity contribution in [3.05, 3.63) is 12.2 Å². The minimum Gasteiger partial charge on any atom is -0.374 e. The third-order valence-corrected chi connectivity index (χ3v) is 7.07. The zero-order chi connectivity index (χ0) is 21.6. The molecule has 0 bridgehead atoms. The Kier molecular flexibility index (Phi) is 13.1. The first kappa shape index (κ1) is 25.7. The number of likely N-dealkylation sites (tertiary alicyclic amines) is 1. The molecule has 1 saturated heterocycles. The van der Waals surface area contributed by atoms with Gasteiger partial charge in [0.15, 0.2) is 6.29 Å². The van der Waals surface area contributed by atoms with E-state index in [1.54, 1.807) is 4.90 Å². The van der Waals surface area contributed by atoms with E-state index in [1.165, 1.54) is 57.1 Å². The smallest absolute Gasteiger partial charge is 0.224 e. The van der Waals surface area contributed by atoms with E-state index in [9.17, 15) is 15.0 Å². The summed E-state index contributed by atoms with van der Waals surface area (Å²) in [7, 11) is 0. The lowest BCUT2D eigenvalue weighted by Gasteiger charge is -2.30. The summed E-state index contributed by atoms with van der Waals surface area (Å²) in [5.74, 6) is 1.64. The van der Waals surface area contributed by atoms with Crippen molar-refractivity contribution in [2.24, 2.45) is 11.8 Å². The van der Waals surface area contributed by atoms with E-state index in [2.05, 4.69) is 12.3 Å². The molecule has 0 spiro atoms. The number of carbonyl (C=O) groups excluding carboxylic acids is 1. The molecule has 0 saturated carbocycles. The van der Waals surface area contributed by atoms with Crippen LogP contribution >= 0.6 is 11.8 Å². The number of carbonyl (C=O) groups is 1. The quantitative estimate of drug-likeness (QED) is 0.206. The summed E-state index contributed by atoms with van der Waals surface area (Å²) in [5, 5.41) is 20.2. The Hall–Kier alpha value is -0.560. The average molecular weight is 442 g/mol. The SMILES string of the molecule is CSCCCCCCCCCCCOC(O)C1C=CC(CN2C(=O)CCC2O)CC1. The number of thioether (sulfide) groups is 1. The highest BCUT2D eigenvalue weighted by Gasteiger charge is 2.31. The summed E-state index contributed by atoms with van der Waals surface area (Å²) in [6.07, 6.45) is 19.3. The van der Waals surface area contributed by atoms with E-state index in [1.807, 2.05) is 17.8 Å². The summed E-state index contributed by atoms with van der Waals surface area (Å²) >= 11 is 1.94. The summed E-state index contributed by atoms with van der Waals surface area (Å²) in [4.78, 5) is 13.4. The Morgan fingerprint density at radius 3 is 2.27 bits per heavy atom. The third kappa shape index (κ3) is 9.71. The van der Waals surface area contributed by atoms with E-state index in [-0.39, 0.29) is 17.7 Å². The van der Waals surface area contributed by atoms with Crippen molar-refractivity contribution in [2.75, 3.05) is 25.2 Å². The second-order valence-corrected chi connectivity index (χ2v) is 9.87. The molecule has 2 rings (SSSR count). The average Bonchev–Trinajstić information content (AvgIpc) is 3.07. The number of aliphatic hydroxyl groups excluding tert-OH is 2. The Balaban J connectivity index is 1.46. The lowest BCUT2D eigenvalue weighted by molar-refractivity contribution is -0.135. The Morgan fingerprint density at radius 1 is 1.03 bits per heavy atom. The Labute approximate surface area is 187 Å². The summed E-state index contributed by atoms with van der Waals surface area (Å²) < 4.78 is 5.66. The summed E-state index contributed by atoms with van der Waals surface area (Å²) in [5.41, 5.74) is 0. The van der Waals surface area contributed by atoms with E-state index < -0.39 is 12.5 Å². The number of rotatable bonds is 16. The largest absolute Gasteiger partial charge is 0.374 e. The van der Waals surface area contributed by atoms with Crippen LogP contribution in [0.2, 0.25) is 0 Å². The molecule has 4 atom stereocenters. The topological polar surface area (TPSA) is 70.0 Å². The van der Waals surface area contributed by atoms with Gasteiger partial charge >= 0.3 is 0 Å². The van der Waals surface area contributed by atoms with Gasteiger partial charge in [-0.2, -0.15) is 11.8 Å². The number of ether oxygens (including phenoxy) is 1. The molecule has 1 fully saturated rings. The van der Waals surface area contributed by atoms with Crippen molar-refractivity contribution in [1.29, 1.82) is 0 Å². The molecule has 4 unspecified atom stereocenters. The summed E-state index contributed by atoms with van der Waals surface area (Å²) in [6.45, 7) is 1.20. The highest BCUT2D eigenvalue weighted by atomic mass is 32.2. The van der Waals surface area contributed by atoms with Gasteiger partial charge in [-0.1, -0.05) is 57.1 Å². The molecule has 2 aliphatic rings. The van der Waals surface area contributed by atoms with Crippen LogP contribution in [0.4, 0.5) is 0 Å². The molecule has 0 aromatic carbocycles. The van der Waals surface area contributed by atoms with Gasteiger partial charge in [-0.3, -0.25) is 4.79 Å². The van der Waals surface area contributed by atoms with Gasteiger partial charge in [0.05, 0.1) is 0 Å². The van der Waals surface area contributed by atoms with Crippen molar-refractivity contribution in [3.8, 4) is 0 Å². The molecule has 5 nitrogen and oxygen atoms in total. The van der Waals surface area contributed by atoms with Gasteiger partial charge < -0.3 is 19.8 Å². The molecule has 6 heteroatoms. The van der Waals surface area contributed by atoms with Gasteiger partial charge in [0, 0.05) is 31.9 Å². The molecule has 1 aliphatic carbocycles. The molecule has 2 N–H and O–H groups in total. The fourth-order valence-corrected chi connectivity index (χ4v) is 4.89. The van der Waals surface area contributed by atoms with Gasteiger partial charge in [-0.15, -0.1) is 0 Å². The lowest BCUT2D eigenvalue weighted by atomic mass is 9.88. The number of hydrogen-bond donors (Lipinski definition) is 2. The van der Waals surface area contributed by atoms with E-state index in [4.69, 9.17) is 4.74 Å². The second-order valence-electron chi connectivity index (χ2n) is 8.89. The second kappa shape index (κ2) is 15.3. The van der Waals surface area contributed by atoms with Crippen LogP contribution in [0.25, 0.3) is 0 Å². The van der Waals surface area contributed by atoms with Gasteiger partial charge in [0.25, 0.3) is 0 Å². The van der Waals surface area contributed by atoms with Crippen LogP contribution in [0.1, 0.15) is 83.5 Å². The molecular formula is C24H43NO4S. The molecule has 0 radical (unpaired) electrons. The van der Waals surface area contributed by atoms with Crippen LogP contribution in [0, 0.1) is 11.8 Å². The van der Waals surface area contributed by atoms with Crippen LogP contribution in [0.15, 0.2) is 12.2 Å². The van der Waals surface area contributed by atoms with Gasteiger partial charge in [-0.05, 0) is 43.6 Å². The first-order valence-electron chi connectivity index (χ1n) is 12.1. The van der Waals surface area contributed by atoms with Crippen molar-refractivity contribution >= 4 is 17.7 Å². The normalized spacial score (nSPS) is 25.2. The predicted octanol–water partition coefficient (Wildman–Crippen LogP) is 4.72. The van der Waals surface area contributed by atoms with Crippen LogP contribution in [-0.2, 0) is 9.53 Å². The maximum absolute atomic E-state index is 11.8. The number of nitrogens with zero attached hydrogens (tertiary/aromatic N) is 1. The molecule has 1 amide bonds. The maximum atomic E-state index is 11.8. The number of hydrogen-bond acceptors (Lipinski definition) is 5. The minimum absolute atomic E-state index is 0.0339. The third-order valence-electron chi connectivity index (χ3n) is 6.38. The van der Waals surface area contributed by atoms with Crippen LogP contribution in [-0.4, -0.2) is 58.7 Å². The first-order valence-corrected chi connectivity index (χ1v) is 13.5. The number of aliphatic hydroxyl groups is 2. The molecule has 0 aromatic rings. The van der Waals surface area contributed by atoms with Crippen molar-refractivity contribution < 1.29 is 19.7 Å². The standard InChI is InChI=1S/C24H43NO4S/c1-30-18-10-8-6-4-2-3-5-7-9-17-29-24(28)21-13-11-20(12-14-21)19-25-22(26)15-16-23(25)27/h11,13,20-22,24,26,28H,2-10,12,14-19H2,1H3. The molecule has 1 heterocycles. The van der Waals surface area contributed by atoms with E-state index in [0.29, 0.717) is 26.0 Å². The lowest BCUT2D eigenvalue weighted by Crippen LogP contribution is -2.37. The fraction of sp³-hybridized carbons (Fsp3) is 0.875. The van der Waals surface area contributed by atoms with Gasteiger partial charge in [0.1, 0.15) is 6.23 Å². The first-order chi connectivity index (χ1) is 14.6. The van der Waals surface area contributed by atoms with Crippen LogP contribution in [0.5, 0.6) is 0 Å². The molecule has 30 heavy (non-hydrogen) atoms. The maximum Gasteiger partial charge on any atom is 0.224 e. The zero-order valence-electron chi connectivity index (χ0n) is 18.8. The van der Waals surface area contributed by atoms with Crippen LogP contribution in [0.3, 0.4) is 0 Å². The summed E-state index contributed by atoms with van der Waals surface area (Å²) in [6, 6.07) is 0. The number of unbranched alkanes of at least 4 members (excludes halogenated alkanes) is 8. The van der Waals surface area contributed by atoms with Crippen molar-refractivity contribution in [3.63, 3.8) is 0 Å². The molecule has 174 valence electrons. The fourth-order valence-electron chi connectivity index (χ4n) is 4.40. The van der Waals surface area contributed by atoms with Crippen molar-refractivity contribution in [2.45, 2.75) is 96.0 Å². The molecule has 0 aromatic heterocycles. The Bertz CT molecular complexity index is 502. The highest BCUT2D eigenvalue weighted by Crippen LogP contribution is 2.28. The number of amides is 1. The zero-order valence-corrected chi connectivity index (χ0v) is 19.7. The van der Waals surface area contributed by atoms with Gasteiger partial charge in [0.2, 0.25) is 5.91 Å². The van der Waals surface area contributed by atoms with E-state index in [0.717, 1.165) is 19.3 Å². The molecule has 1 aliphatic heterocycles. The van der Waals surface area contributed by atoms with Crippen molar-refractivity contribution in [1.82, 2.24) is 4.90 Å². The molecular weight excluding hydrogens is 398 g/mol. The van der Waals surface area contributed by atoms with Crippen LogP contribution < -0.4 is 0 Å². The van der Waals surface area contributed by atoms with E-state index >= 15 is 0 Å². The monoisotopic (exact) mass is 441 g/mol. The predicted molar refractivity (Wildman–Crippen MR) is 124 cm³/mol. The van der Waals surface area contributed by atoms with Gasteiger partial charge in [-0.25, -0.2) is 0 Å². The highest BCUT2D eigenvalue weighted by molar-refractivity contribution is 7.98. The minimum atomic E-state index is -0.734. The Morgan fingerprint density at radius 2 is 1.70 bits per heavy atom.